The number of amides is 2. The van der Waals surface area contributed by atoms with Gasteiger partial charge in [-0.05, 0) is 50.8 Å². The van der Waals surface area contributed by atoms with Crippen molar-refractivity contribution in [2.45, 2.75) is 44.9 Å². The van der Waals surface area contributed by atoms with Crippen LogP contribution in [0.1, 0.15) is 59.6 Å². The summed E-state index contributed by atoms with van der Waals surface area (Å²) in [6.45, 7) is 2.59. The third-order valence-corrected chi connectivity index (χ3v) is 4.78. The van der Waals surface area contributed by atoms with Crippen molar-refractivity contribution in [1.29, 1.82) is 0 Å². The molecule has 4 rings (SSSR count). The predicted molar refractivity (Wildman–Crippen MR) is 91.5 cm³/mol. The topological polar surface area (TPSA) is 62.3 Å². The minimum Gasteiger partial charge on any atom is -0.273 e. The van der Waals surface area contributed by atoms with E-state index in [1.165, 1.54) is 5.01 Å². The van der Waals surface area contributed by atoms with Crippen LogP contribution in [-0.4, -0.2) is 28.4 Å². The summed E-state index contributed by atoms with van der Waals surface area (Å²) >= 11 is 0. The van der Waals surface area contributed by atoms with Crippen LogP contribution < -0.4 is 5.43 Å². The Kier molecular flexibility index (Phi) is 3.71. The highest BCUT2D eigenvalue weighted by atomic mass is 16.2. The fourth-order valence-electron chi connectivity index (χ4n) is 3.24. The quantitative estimate of drug-likeness (QED) is 0.944. The Bertz CT molecular complexity index is 827. The Morgan fingerprint density at radius 2 is 2.08 bits per heavy atom. The highest BCUT2D eigenvalue weighted by Gasteiger charge is 2.28. The minimum atomic E-state index is -0.217. The molecule has 5 heteroatoms. The average molecular weight is 323 g/mol. The van der Waals surface area contributed by atoms with Crippen molar-refractivity contribution in [1.82, 2.24) is 15.4 Å². The molecule has 0 unspecified atom stereocenters. The lowest BCUT2D eigenvalue weighted by Crippen LogP contribution is -2.48. The molecule has 1 aliphatic heterocycles. The number of hydrogen-bond acceptors (Lipinski definition) is 3. The van der Waals surface area contributed by atoms with Crippen molar-refractivity contribution < 1.29 is 9.59 Å². The van der Waals surface area contributed by atoms with Crippen LogP contribution in [-0.2, 0) is 4.79 Å². The van der Waals surface area contributed by atoms with E-state index in [4.69, 9.17) is 4.98 Å². The highest BCUT2D eigenvalue weighted by molar-refractivity contribution is 6.06. The first-order chi connectivity index (χ1) is 11.6. The van der Waals surface area contributed by atoms with Gasteiger partial charge < -0.3 is 0 Å². The molecule has 2 aromatic rings. The van der Waals surface area contributed by atoms with Crippen LogP contribution in [0.3, 0.4) is 0 Å². The molecule has 0 spiro atoms. The highest BCUT2D eigenvalue weighted by Crippen LogP contribution is 2.40. The summed E-state index contributed by atoms with van der Waals surface area (Å²) in [4.78, 5) is 29.5. The summed E-state index contributed by atoms with van der Waals surface area (Å²) < 4.78 is 0. The number of pyridine rings is 1. The summed E-state index contributed by atoms with van der Waals surface area (Å²) in [5.74, 6) is 0.246. The molecule has 0 radical (unpaired) electrons. The molecular weight excluding hydrogens is 302 g/mol. The molecule has 1 aromatic heterocycles. The fraction of sp³-hybridized carbons (Fsp3) is 0.421. The van der Waals surface area contributed by atoms with E-state index in [0.29, 0.717) is 24.4 Å². The van der Waals surface area contributed by atoms with Gasteiger partial charge in [0.05, 0.1) is 11.1 Å². The zero-order valence-electron chi connectivity index (χ0n) is 13.8. The number of nitrogens with zero attached hydrogens (tertiary/aromatic N) is 2. The Labute approximate surface area is 141 Å². The van der Waals surface area contributed by atoms with Crippen molar-refractivity contribution in [3.63, 3.8) is 0 Å². The molecule has 1 saturated carbocycles. The summed E-state index contributed by atoms with van der Waals surface area (Å²) in [7, 11) is 0. The second-order valence-electron chi connectivity index (χ2n) is 6.83. The Balaban J connectivity index is 1.71. The molecule has 2 aliphatic rings. The predicted octanol–water partition coefficient (Wildman–Crippen LogP) is 3.08. The van der Waals surface area contributed by atoms with Crippen LogP contribution in [0.5, 0.6) is 0 Å². The third-order valence-electron chi connectivity index (χ3n) is 4.78. The summed E-state index contributed by atoms with van der Waals surface area (Å²) in [6.07, 6.45) is 4.60. The lowest BCUT2D eigenvalue weighted by atomic mass is 10.0. The summed E-state index contributed by atoms with van der Waals surface area (Å²) in [6, 6.07) is 7.89. The van der Waals surface area contributed by atoms with Gasteiger partial charge in [-0.15, -0.1) is 0 Å². The first-order valence-electron chi connectivity index (χ1n) is 8.64. The Morgan fingerprint density at radius 1 is 1.25 bits per heavy atom. The first kappa shape index (κ1) is 15.1. The molecule has 5 nitrogen and oxygen atoms in total. The van der Waals surface area contributed by atoms with Gasteiger partial charge in [0, 0.05) is 30.0 Å². The van der Waals surface area contributed by atoms with Crippen molar-refractivity contribution in [3.8, 4) is 0 Å². The molecule has 2 heterocycles. The van der Waals surface area contributed by atoms with E-state index in [9.17, 15) is 9.59 Å². The monoisotopic (exact) mass is 323 g/mol. The van der Waals surface area contributed by atoms with Gasteiger partial charge in [0.1, 0.15) is 0 Å². The number of aromatic nitrogens is 1. The van der Waals surface area contributed by atoms with Gasteiger partial charge in [-0.3, -0.25) is 25.0 Å². The molecule has 1 aliphatic carbocycles. The zero-order chi connectivity index (χ0) is 16.7. The van der Waals surface area contributed by atoms with Gasteiger partial charge in [0.25, 0.3) is 5.91 Å². The van der Waals surface area contributed by atoms with Gasteiger partial charge in [0.15, 0.2) is 0 Å². The maximum absolute atomic E-state index is 12.8. The Morgan fingerprint density at radius 3 is 2.83 bits per heavy atom. The van der Waals surface area contributed by atoms with Gasteiger partial charge in [-0.25, -0.2) is 0 Å². The largest absolute Gasteiger partial charge is 0.273 e. The normalized spacial score (nSPS) is 18.0. The number of aryl methyl sites for hydroxylation is 1. The molecule has 0 bridgehead atoms. The number of benzene rings is 1. The van der Waals surface area contributed by atoms with Crippen molar-refractivity contribution in [3.05, 3.63) is 41.1 Å². The molecule has 1 aromatic carbocycles. The van der Waals surface area contributed by atoms with Crippen molar-refractivity contribution in [2.75, 3.05) is 6.54 Å². The van der Waals surface area contributed by atoms with Crippen LogP contribution in [0.15, 0.2) is 24.3 Å². The first-order valence-corrected chi connectivity index (χ1v) is 8.64. The van der Waals surface area contributed by atoms with Gasteiger partial charge in [-0.1, -0.05) is 11.6 Å². The zero-order valence-corrected chi connectivity index (χ0v) is 13.8. The van der Waals surface area contributed by atoms with Gasteiger partial charge >= 0.3 is 0 Å². The van der Waals surface area contributed by atoms with Gasteiger partial charge in [-0.2, -0.15) is 0 Å². The van der Waals surface area contributed by atoms with Crippen molar-refractivity contribution >= 4 is 22.7 Å². The number of rotatable bonds is 3. The lowest BCUT2D eigenvalue weighted by Gasteiger charge is -2.27. The van der Waals surface area contributed by atoms with E-state index >= 15 is 0 Å². The summed E-state index contributed by atoms with van der Waals surface area (Å²) in [5.41, 5.74) is 6.34. The number of piperidine rings is 1. The maximum atomic E-state index is 12.8. The smallest absolute Gasteiger partial charge is 0.270 e. The number of nitrogens with one attached hydrogen (secondary N) is 1. The molecule has 2 fully saturated rings. The molecule has 1 saturated heterocycles. The molecule has 124 valence electrons. The standard InChI is InChI=1S/C19H21N3O2/c1-12-5-8-16-14(10-12)15(11-17(20-16)13-6-7-13)19(24)21-22-9-3-2-4-18(22)23/h5,8,10-11,13H,2-4,6-7,9H2,1H3,(H,21,24). The van der Waals surface area contributed by atoms with E-state index in [1.54, 1.807) is 0 Å². The van der Waals surface area contributed by atoms with Crippen LogP contribution in [0.25, 0.3) is 10.9 Å². The van der Waals surface area contributed by atoms with E-state index in [-0.39, 0.29) is 11.8 Å². The number of carbonyl (C=O) groups is 2. The Hall–Kier alpha value is -2.43. The average Bonchev–Trinajstić information content (AvgIpc) is 3.41. The third kappa shape index (κ3) is 2.86. The van der Waals surface area contributed by atoms with Crippen LogP contribution >= 0.6 is 0 Å². The van der Waals surface area contributed by atoms with E-state index < -0.39 is 0 Å². The second kappa shape index (κ2) is 5.89. The van der Waals surface area contributed by atoms with Crippen LogP contribution in [0, 0.1) is 6.92 Å². The minimum absolute atomic E-state index is 0.00782. The molecule has 0 atom stereocenters. The van der Waals surface area contributed by atoms with Gasteiger partial charge in [0.2, 0.25) is 5.91 Å². The molecule has 24 heavy (non-hydrogen) atoms. The fourth-order valence-corrected chi connectivity index (χ4v) is 3.24. The SMILES string of the molecule is Cc1ccc2nc(C3CC3)cc(C(=O)NN3CCCCC3=O)c2c1. The molecule has 2 amide bonds. The maximum Gasteiger partial charge on any atom is 0.270 e. The van der Waals surface area contributed by atoms with Crippen LogP contribution in [0.4, 0.5) is 0 Å². The van der Waals surface area contributed by atoms with Crippen molar-refractivity contribution in [2.24, 2.45) is 0 Å². The molecular formula is C19H21N3O2. The number of fused-ring (bicyclic) bond motifs is 1. The molecule has 1 N–H and O–H groups in total. The number of carbonyl (C=O) groups excluding carboxylic acids is 2. The second-order valence-corrected chi connectivity index (χ2v) is 6.83. The van der Waals surface area contributed by atoms with E-state index in [2.05, 4.69) is 5.43 Å². The lowest BCUT2D eigenvalue weighted by molar-refractivity contribution is -0.135. The number of hydrazine groups is 1. The van der Waals surface area contributed by atoms with E-state index in [1.807, 2.05) is 31.2 Å². The van der Waals surface area contributed by atoms with E-state index in [0.717, 1.165) is 47.8 Å². The van der Waals surface area contributed by atoms with Crippen LogP contribution in [0.2, 0.25) is 0 Å². The number of hydrogen-bond donors (Lipinski definition) is 1. The summed E-state index contributed by atoms with van der Waals surface area (Å²) in [5, 5.41) is 2.31.